The number of benzene rings is 3. The van der Waals surface area contributed by atoms with Crippen molar-refractivity contribution in [3.05, 3.63) is 105 Å². The molecule has 0 aliphatic carbocycles. The number of hydrogen-bond donors (Lipinski definition) is 2. The van der Waals surface area contributed by atoms with Gasteiger partial charge >= 0.3 is 0 Å². The summed E-state index contributed by atoms with van der Waals surface area (Å²) >= 11 is 12.1. The van der Waals surface area contributed by atoms with Crippen LogP contribution in [-0.4, -0.2) is 21.9 Å². The Morgan fingerprint density at radius 2 is 1.71 bits per heavy atom. The summed E-state index contributed by atoms with van der Waals surface area (Å²) in [6.45, 7) is 0. The van der Waals surface area contributed by atoms with Gasteiger partial charge in [0, 0.05) is 22.2 Å². The zero-order valence-corrected chi connectivity index (χ0v) is 18.9. The number of furan rings is 1. The minimum absolute atomic E-state index is 0.0863. The van der Waals surface area contributed by atoms with Gasteiger partial charge in [-0.25, -0.2) is 8.78 Å². The van der Waals surface area contributed by atoms with Crippen molar-refractivity contribution in [3.63, 3.8) is 0 Å². The smallest absolute Gasteiger partial charge is 0.294 e. The lowest BCUT2D eigenvalue weighted by molar-refractivity contribution is -0.117. The Hall–Kier alpha value is -3.88. The molecule has 5 rings (SSSR count). The maximum absolute atomic E-state index is 14.0. The van der Waals surface area contributed by atoms with Crippen LogP contribution >= 0.6 is 23.2 Å². The van der Waals surface area contributed by atoms with Crippen LogP contribution in [-0.2, 0) is 4.79 Å². The van der Waals surface area contributed by atoms with E-state index in [1.54, 1.807) is 18.2 Å². The molecule has 0 saturated heterocycles. The number of nitrogens with zero attached hydrogens (tertiary/aromatic N) is 1. The van der Waals surface area contributed by atoms with Crippen molar-refractivity contribution in [3.8, 4) is 5.75 Å². The number of halogens is 4. The first-order valence-electron chi connectivity index (χ1n) is 10.1. The second kappa shape index (κ2) is 8.41. The SMILES string of the molecule is O=C(C1=C(O)C(=O)N(c2ccc(F)c(F)c2)C1c1ccc(O)c(Cl)c1)c1cc2cc(Cl)ccc2o1. The summed E-state index contributed by atoms with van der Waals surface area (Å²) in [5, 5.41) is 21.5. The van der Waals surface area contributed by atoms with Crippen molar-refractivity contribution in [1.82, 2.24) is 0 Å². The molecule has 1 amide bonds. The summed E-state index contributed by atoms with van der Waals surface area (Å²) in [5.41, 5.74) is 0.0850. The van der Waals surface area contributed by atoms with Gasteiger partial charge in [-0.2, -0.15) is 0 Å². The highest BCUT2D eigenvalue weighted by molar-refractivity contribution is 6.32. The molecule has 35 heavy (non-hydrogen) atoms. The molecule has 1 aliphatic heterocycles. The fourth-order valence-electron chi connectivity index (χ4n) is 4.01. The van der Waals surface area contributed by atoms with Crippen molar-refractivity contribution in [2.24, 2.45) is 0 Å². The number of Topliss-reactive ketones (excluding diaryl/α,β-unsaturated/α-hetero) is 1. The molecule has 10 heteroatoms. The molecule has 0 saturated carbocycles. The first-order valence-corrected chi connectivity index (χ1v) is 10.8. The van der Waals surface area contributed by atoms with Crippen LogP contribution in [0, 0.1) is 11.6 Å². The summed E-state index contributed by atoms with van der Waals surface area (Å²) in [7, 11) is 0. The van der Waals surface area contributed by atoms with Crippen LogP contribution in [0.25, 0.3) is 11.0 Å². The van der Waals surface area contributed by atoms with E-state index in [1.807, 2.05) is 0 Å². The molecule has 4 aromatic rings. The van der Waals surface area contributed by atoms with Crippen molar-refractivity contribution in [2.75, 3.05) is 4.90 Å². The van der Waals surface area contributed by atoms with E-state index < -0.39 is 35.1 Å². The topological polar surface area (TPSA) is 91.0 Å². The van der Waals surface area contributed by atoms with Crippen LogP contribution in [0.5, 0.6) is 5.75 Å². The van der Waals surface area contributed by atoms with Crippen molar-refractivity contribution < 1.29 is 33.0 Å². The molecule has 0 spiro atoms. The summed E-state index contributed by atoms with van der Waals surface area (Å²) in [4.78, 5) is 27.6. The number of anilines is 1. The third kappa shape index (κ3) is 3.80. The number of carbonyl (C=O) groups excluding carboxylic acids is 2. The molecule has 1 atom stereocenters. The van der Waals surface area contributed by atoms with Gasteiger partial charge in [0.1, 0.15) is 11.3 Å². The fraction of sp³-hybridized carbons (Fsp3) is 0.0400. The van der Waals surface area contributed by atoms with Crippen molar-refractivity contribution >= 4 is 51.5 Å². The van der Waals surface area contributed by atoms with Gasteiger partial charge in [0.25, 0.3) is 5.91 Å². The van der Waals surface area contributed by atoms with Gasteiger partial charge in [0.15, 0.2) is 23.2 Å². The Bertz CT molecular complexity index is 1580. The summed E-state index contributed by atoms with van der Waals surface area (Å²) in [6, 6.07) is 11.5. The number of phenols is 1. The maximum Gasteiger partial charge on any atom is 0.294 e. The summed E-state index contributed by atoms with van der Waals surface area (Å²) < 4.78 is 33.2. The molecule has 6 nitrogen and oxygen atoms in total. The van der Waals surface area contributed by atoms with Crippen LogP contribution < -0.4 is 4.90 Å². The standard InChI is InChI=1S/C25H13Cl2F2NO5/c26-13-2-6-19-12(7-13)9-20(35-19)23(32)21-22(11-1-5-18(31)15(27)8-11)30(25(34)24(21)33)14-3-4-16(28)17(29)10-14/h1-10,22,31,33H. The predicted molar refractivity (Wildman–Crippen MR) is 125 cm³/mol. The second-order valence-electron chi connectivity index (χ2n) is 7.77. The summed E-state index contributed by atoms with van der Waals surface area (Å²) in [6.07, 6.45) is 0. The van der Waals surface area contributed by atoms with Gasteiger partial charge in [0.2, 0.25) is 5.78 Å². The van der Waals surface area contributed by atoms with E-state index >= 15 is 0 Å². The minimum atomic E-state index is -1.30. The lowest BCUT2D eigenvalue weighted by Crippen LogP contribution is -2.31. The van der Waals surface area contributed by atoms with E-state index in [0.29, 0.717) is 16.0 Å². The van der Waals surface area contributed by atoms with E-state index in [4.69, 9.17) is 27.6 Å². The van der Waals surface area contributed by atoms with E-state index in [2.05, 4.69) is 0 Å². The third-order valence-corrected chi connectivity index (χ3v) is 6.16. The molecule has 0 bridgehead atoms. The van der Waals surface area contributed by atoms with Crippen LogP contribution in [0.4, 0.5) is 14.5 Å². The number of hydrogen-bond acceptors (Lipinski definition) is 5. The monoisotopic (exact) mass is 515 g/mol. The number of ketones is 1. The highest BCUT2D eigenvalue weighted by Gasteiger charge is 2.45. The van der Waals surface area contributed by atoms with Crippen LogP contribution in [0.3, 0.4) is 0 Å². The lowest BCUT2D eigenvalue weighted by atomic mass is 9.94. The number of amides is 1. The van der Waals surface area contributed by atoms with Crippen molar-refractivity contribution in [1.29, 1.82) is 0 Å². The second-order valence-corrected chi connectivity index (χ2v) is 8.61. The Kier molecular flexibility index (Phi) is 5.50. The Morgan fingerprint density at radius 3 is 2.43 bits per heavy atom. The number of phenolic OH excluding ortho intramolecular Hbond substituents is 1. The average Bonchev–Trinajstić information content (AvgIpc) is 3.36. The minimum Gasteiger partial charge on any atom is -0.506 e. The molecular weight excluding hydrogens is 503 g/mol. The molecule has 176 valence electrons. The van der Waals surface area contributed by atoms with E-state index in [0.717, 1.165) is 23.1 Å². The molecule has 0 radical (unpaired) electrons. The quantitative estimate of drug-likeness (QED) is 0.302. The van der Waals surface area contributed by atoms with Gasteiger partial charge < -0.3 is 14.6 Å². The number of fused-ring (bicyclic) bond motifs is 1. The highest BCUT2D eigenvalue weighted by atomic mass is 35.5. The highest BCUT2D eigenvalue weighted by Crippen LogP contribution is 2.44. The lowest BCUT2D eigenvalue weighted by Gasteiger charge is -2.27. The Labute approximate surface area is 206 Å². The predicted octanol–water partition coefficient (Wildman–Crippen LogP) is 6.51. The van der Waals surface area contributed by atoms with Gasteiger partial charge in [-0.05, 0) is 54.1 Å². The number of aliphatic hydroxyl groups is 1. The average molecular weight is 516 g/mol. The largest absolute Gasteiger partial charge is 0.506 e. The first kappa shape index (κ1) is 22.9. The number of aliphatic hydroxyl groups excluding tert-OH is 1. The van der Waals surface area contributed by atoms with Gasteiger partial charge in [-0.1, -0.05) is 29.3 Å². The van der Waals surface area contributed by atoms with Crippen LogP contribution in [0.15, 0.2) is 76.4 Å². The van der Waals surface area contributed by atoms with Crippen molar-refractivity contribution in [2.45, 2.75) is 6.04 Å². The molecule has 2 N–H and O–H groups in total. The molecule has 1 aromatic heterocycles. The van der Waals surface area contributed by atoms with E-state index in [-0.39, 0.29) is 33.4 Å². The number of carbonyl (C=O) groups is 2. The molecule has 2 heterocycles. The maximum atomic E-state index is 14.0. The number of aromatic hydroxyl groups is 1. The zero-order valence-electron chi connectivity index (χ0n) is 17.4. The molecule has 0 fully saturated rings. The van der Waals surface area contributed by atoms with Crippen LogP contribution in [0.2, 0.25) is 10.0 Å². The first-order chi connectivity index (χ1) is 16.7. The van der Waals surface area contributed by atoms with E-state index in [1.165, 1.54) is 24.3 Å². The zero-order chi connectivity index (χ0) is 25.0. The normalized spacial score (nSPS) is 15.9. The van der Waals surface area contributed by atoms with E-state index in [9.17, 15) is 28.6 Å². The molecule has 3 aromatic carbocycles. The van der Waals surface area contributed by atoms with Gasteiger partial charge in [0.05, 0.1) is 16.6 Å². The number of rotatable bonds is 4. The third-order valence-electron chi connectivity index (χ3n) is 5.62. The summed E-state index contributed by atoms with van der Waals surface area (Å²) in [5.74, 6) is -5.54. The van der Waals surface area contributed by atoms with Crippen LogP contribution in [0.1, 0.15) is 22.2 Å². The molecule has 1 aliphatic rings. The van der Waals surface area contributed by atoms with Gasteiger partial charge in [-0.15, -0.1) is 0 Å². The molecule has 1 unspecified atom stereocenters. The van der Waals surface area contributed by atoms with Gasteiger partial charge in [-0.3, -0.25) is 14.5 Å². The Morgan fingerprint density at radius 1 is 0.943 bits per heavy atom. The Balaban J connectivity index is 1.68. The molecular formula is C25H13Cl2F2NO5. The fourth-order valence-corrected chi connectivity index (χ4v) is 4.38.